The Morgan fingerprint density at radius 3 is 1.77 bits per heavy atom. The second-order valence-electron chi connectivity index (χ2n) is 6.59. The highest BCUT2D eigenvalue weighted by atomic mass is 14.0. The van der Waals surface area contributed by atoms with Gasteiger partial charge in [-0.05, 0) is 39.0 Å². The average molecular weight is 305 g/mol. The summed E-state index contributed by atoms with van der Waals surface area (Å²) in [6.07, 6.45) is 25.1. The van der Waals surface area contributed by atoms with Crippen molar-refractivity contribution in [3.8, 4) is 0 Å². The number of unbranched alkanes of at least 4 members (excludes halogenated alkanes) is 6. The first-order valence-corrected chi connectivity index (χ1v) is 9.76. The van der Waals surface area contributed by atoms with Crippen LogP contribution < -0.4 is 0 Å². The van der Waals surface area contributed by atoms with Crippen molar-refractivity contribution in [1.82, 2.24) is 0 Å². The van der Waals surface area contributed by atoms with Gasteiger partial charge in [-0.25, -0.2) is 0 Å². The summed E-state index contributed by atoms with van der Waals surface area (Å²) in [7, 11) is 0. The van der Waals surface area contributed by atoms with Crippen LogP contribution in [0.2, 0.25) is 0 Å². The summed E-state index contributed by atoms with van der Waals surface area (Å²) in [6.45, 7) is 9.10. The number of hydrogen-bond donors (Lipinski definition) is 0. The van der Waals surface area contributed by atoms with E-state index in [1.54, 1.807) is 5.57 Å². The maximum Gasteiger partial charge on any atom is -0.0317 e. The molecule has 0 saturated heterocycles. The molecule has 0 unspecified atom stereocenters. The Bertz CT molecular complexity index is 317. The Kier molecular flexibility index (Phi) is 16.0. The van der Waals surface area contributed by atoms with Crippen molar-refractivity contribution in [2.24, 2.45) is 0 Å². The summed E-state index contributed by atoms with van der Waals surface area (Å²) >= 11 is 0. The standard InChI is InChI=1S/C22H40/c1-5-8-10-12-17-21(4)18-14-15-20-22(16-7-3)19-13-11-9-6-2/h14-15,18,20H,5-13,16-17,19H2,1-4H3/b15-14-,21-18+,22-20+. The molecular formula is C22H40. The van der Waals surface area contributed by atoms with Crippen LogP contribution in [0.4, 0.5) is 0 Å². The third-order valence-electron chi connectivity index (χ3n) is 4.17. The van der Waals surface area contributed by atoms with Gasteiger partial charge in [0.1, 0.15) is 0 Å². The summed E-state index contributed by atoms with van der Waals surface area (Å²) in [6, 6.07) is 0. The summed E-state index contributed by atoms with van der Waals surface area (Å²) in [4.78, 5) is 0. The second kappa shape index (κ2) is 16.6. The Morgan fingerprint density at radius 2 is 1.18 bits per heavy atom. The van der Waals surface area contributed by atoms with Crippen molar-refractivity contribution in [3.05, 3.63) is 35.5 Å². The van der Waals surface area contributed by atoms with Gasteiger partial charge in [0.2, 0.25) is 0 Å². The van der Waals surface area contributed by atoms with Crippen molar-refractivity contribution in [2.75, 3.05) is 0 Å². The number of rotatable bonds is 14. The minimum atomic E-state index is 1.26. The predicted octanol–water partition coefficient (Wildman–Crippen LogP) is 8.16. The molecule has 0 saturated carbocycles. The van der Waals surface area contributed by atoms with Crippen molar-refractivity contribution in [3.63, 3.8) is 0 Å². The van der Waals surface area contributed by atoms with Gasteiger partial charge < -0.3 is 0 Å². The molecule has 0 heterocycles. The molecule has 0 rings (SSSR count). The zero-order valence-corrected chi connectivity index (χ0v) is 15.8. The first-order chi connectivity index (χ1) is 10.7. The first kappa shape index (κ1) is 21.2. The molecule has 0 aliphatic rings. The van der Waals surface area contributed by atoms with Crippen LogP contribution in [0.1, 0.15) is 105 Å². The van der Waals surface area contributed by atoms with Crippen molar-refractivity contribution < 1.29 is 0 Å². The molecule has 0 aromatic heterocycles. The van der Waals surface area contributed by atoms with E-state index >= 15 is 0 Å². The molecule has 0 atom stereocenters. The Labute approximate surface area is 140 Å². The lowest BCUT2D eigenvalue weighted by Crippen LogP contribution is -1.84. The highest BCUT2D eigenvalue weighted by molar-refractivity contribution is 5.19. The van der Waals surface area contributed by atoms with E-state index in [1.165, 1.54) is 82.6 Å². The van der Waals surface area contributed by atoms with E-state index in [9.17, 15) is 0 Å². The van der Waals surface area contributed by atoms with Crippen LogP contribution in [0.5, 0.6) is 0 Å². The molecule has 128 valence electrons. The van der Waals surface area contributed by atoms with Crippen molar-refractivity contribution >= 4 is 0 Å². The Morgan fingerprint density at radius 1 is 0.591 bits per heavy atom. The molecule has 0 bridgehead atoms. The van der Waals surface area contributed by atoms with Gasteiger partial charge in [-0.3, -0.25) is 0 Å². The van der Waals surface area contributed by atoms with E-state index in [4.69, 9.17) is 0 Å². The molecule has 0 aliphatic heterocycles. The van der Waals surface area contributed by atoms with Gasteiger partial charge in [-0.1, -0.05) is 101 Å². The minimum absolute atomic E-state index is 1.26. The lowest BCUT2D eigenvalue weighted by atomic mass is 10.0. The van der Waals surface area contributed by atoms with Gasteiger partial charge in [-0.2, -0.15) is 0 Å². The Hall–Kier alpha value is -0.780. The summed E-state index contributed by atoms with van der Waals surface area (Å²) in [5.41, 5.74) is 3.14. The van der Waals surface area contributed by atoms with Crippen LogP contribution in [-0.4, -0.2) is 0 Å². The van der Waals surface area contributed by atoms with Crippen LogP contribution in [0.3, 0.4) is 0 Å². The minimum Gasteiger partial charge on any atom is -0.0733 e. The van der Waals surface area contributed by atoms with E-state index in [1.807, 2.05) is 0 Å². The summed E-state index contributed by atoms with van der Waals surface area (Å²) in [5, 5.41) is 0. The zero-order valence-electron chi connectivity index (χ0n) is 15.8. The topological polar surface area (TPSA) is 0 Å². The molecule has 0 N–H and O–H groups in total. The molecule has 0 aromatic carbocycles. The summed E-state index contributed by atoms with van der Waals surface area (Å²) in [5.74, 6) is 0. The van der Waals surface area contributed by atoms with E-state index in [-0.39, 0.29) is 0 Å². The number of allylic oxidation sites excluding steroid dienone is 6. The quantitative estimate of drug-likeness (QED) is 0.224. The summed E-state index contributed by atoms with van der Waals surface area (Å²) < 4.78 is 0. The molecule has 0 amide bonds. The van der Waals surface area contributed by atoms with Gasteiger partial charge in [0.15, 0.2) is 0 Å². The van der Waals surface area contributed by atoms with Crippen molar-refractivity contribution in [2.45, 2.75) is 105 Å². The maximum absolute atomic E-state index is 2.36. The molecule has 0 fully saturated rings. The van der Waals surface area contributed by atoms with Gasteiger partial charge in [0.05, 0.1) is 0 Å². The largest absolute Gasteiger partial charge is 0.0733 e. The lowest BCUT2D eigenvalue weighted by molar-refractivity contribution is 0.652. The van der Waals surface area contributed by atoms with Gasteiger partial charge in [-0.15, -0.1) is 0 Å². The van der Waals surface area contributed by atoms with E-state index in [0.717, 1.165) is 0 Å². The molecule has 0 heteroatoms. The predicted molar refractivity (Wildman–Crippen MR) is 103 cm³/mol. The molecule has 0 spiro atoms. The molecule has 0 nitrogen and oxygen atoms in total. The van der Waals surface area contributed by atoms with E-state index in [0.29, 0.717) is 0 Å². The fraction of sp³-hybridized carbons (Fsp3) is 0.727. The van der Waals surface area contributed by atoms with Gasteiger partial charge >= 0.3 is 0 Å². The maximum atomic E-state index is 2.36. The average Bonchev–Trinajstić information content (AvgIpc) is 2.52. The Balaban J connectivity index is 4.11. The molecule has 0 aliphatic carbocycles. The van der Waals surface area contributed by atoms with E-state index in [2.05, 4.69) is 52.0 Å². The van der Waals surface area contributed by atoms with E-state index < -0.39 is 0 Å². The molecule has 0 aromatic rings. The van der Waals surface area contributed by atoms with Crippen LogP contribution >= 0.6 is 0 Å². The highest BCUT2D eigenvalue weighted by Crippen LogP contribution is 2.15. The fourth-order valence-electron chi connectivity index (χ4n) is 2.72. The molecule has 0 radical (unpaired) electrons. The third kappa shape index (κ3) is 14.2. The fourth-order valence-corrected chi connectivity index (χ4v) is 2.72. The first-order valence-electron chi connectivity index (χ1n) is 9.76. The number of hydrogen-bond acceptors (Lipinski definition) is 0. The van der Waals surface area contributed by atoms with Crippen LogP contribution in [0.25, 0.3) is 0 Å². The smallest absolute Gasteiger partial charge is 0.0317 e. The van der Waals surface area contributed by atoms with Crippen molar-refractivity contribution in [1.29, 1.82) is 0 Å². The van der Waals surface area contributed by atoms with Crippen LogP contribution in [0, 0.1) is 0 Å². The third-order valence-corrected chi connectivity index (χ3v) is 4.17. The second-order valence-corrected chi connectivity index (χ2v) is 6.59. The zero-order chi connectivity index (χ0) is 16.5. The molecular weight excluding hydrogens is 264 g/mol. The monoisotopic (exact) mass is 304 g/mol. The van der Waals surface area contributed by atoms with Crippen LogP contribution in [0.15, 0.2) is 35.5 Å². The lowest BCUT2D eigenvalue weighted by Gasteiger charge is -2.04. The molecule has 22 heavy (non-hydrogen) atoms. The van der Waals surface area contributed by atoms with Crippen LogP contribution in [-0.2, 0) is 0 Å². The highest BCUT2D eigenvalue weighted by Gasteiger charge is 1.95. The normalized spacial score (nSPS) is 13.3. The van der Waals surface area contributed by atoms with Gasteiger partial charge in [0.25, 0.3) is 0 Å². The van der Waals surface area contributed by atoms with Gasteiger partial charge in [0, 0.05) is 0 Å². The SMILES string of the molecule is CCCCCC/C(C)=C/C=C\C=C(/CCC)CCCCCC.